The minimum Gasteiger partial charge on any atom is -0.457 e. The van der Waals surface area contributed by atoms with E-state index in [1.165, 1.54) is 0 Å². The highest BCUT2D eigenvalue weighted by Gasteiger charge is 2.21. The summed E-state index contributed by atoms with van der Waals surface area (Å²) in [5, 5.41) is 0. The minimum absolute atomic E-state index is 0.0817. The summed E-state index contributed by atoms with van der Waals surface area (Å²) >= 11 is 0. The van der Waals surface area contributed by atoms with Gasteiger partial charge in [-0.25, -0.2) is 0 Å². The molecule has 0 amide bonds. The molecule has 0 saturated heterocycles. The molecule has 28 heavy (non-hydrogen) atoms. The van der Waals surface area contributed by atoms with Crippen molar-refractivity contribution in [2.45, 2.75) is 32.8 Å². The SMILES string of the molecule is CC(=O)c1ccc(C(C)(C)COCc2cccc(Oc3ccccc3)c2)cc1. The number of benzene rings is 3. The second-order valence-electron chi connectivity index (χ2n) is 7.57. The van der Waals surface area contributed by atoms with Gasteiger partial charge in [-0.2, -0.15) is 0 Å². The van der Waals surface area contributed by atoms with Crippen LogP contribution in [0.3, 0.4) is 0 Å². The number of rotatable bonds is 8. The lowest BCUT2D eigenvalue weighted by Gasteiger charge is -2.25. The fourth-order valence-electron chi connectivity index (χ4n) is 2.99. The van der Waals surface area contributed by atoms with Crippen molar-refractivity contribution in [3.63, 3.8) is 0 Å². The number of hydrogen-bond donors (Lipinski definition) is 0. The summed E-state index contributed by atoms with van der Waals surface area (Å²) in [6, 6.07) is 25.5. The topological polar surface area (TPSA) is 35.5 Å². The number of para-hydroxylation sites is 1. The van der Waals surface area contributed by atoms with Crippen molar-refractivity contribution < 1.29 is 14.3 Å². The Bertz CT molecular complexity index is 912. The third-order valence-corrected chi connectivity index (χ3v) is 4.68. The van der Waals surface area contributed by atoms with Gasteiger partial charge in [0, 0.05) is 11.0 Å². The second-order valence-corrected chi connectivity index (χ2v) is 7.57. The first kappa shape index (κ1) is 19.8. The lowest BCUT2D eigenvalue weighted by molar-refractivity contribution is 0.0824. The lowest BCUT2D eigenvalue weighted by atomic mass is 9.85. The molecule has 0 N–H and O–H groups in total. The van der Waals surface area contributed by atoms with Gasteiger partial charge < -0.3 is 9.47 Å². The van der Waals surface area contributed by atoms with E-state index in [0.29, 0.717) is 13.2 Å². The summed E-state index contributed by atoms with van der Waals surface area (Å²) in [6.45, 7) is 6.96. The van der Waals surface area contributed by atoms with Gasteiger partial charge in [0.2, 0.25) is 0 Å². The summed E-state index contributed by atoms with van der Waals surface area (Å²) in [5.41, 5.74) is 2.80. The number of ether oxygens (including phenoxy) is 2. The van der Waals surface area contributed by atoms with Gasteiger partial charge in [-0.1, -0.05) is 68.4 Å². The molecule has 3 heteroatoms. The Kier molecular flexibility index (Phi) is 6.27. The van der Waals surface area contributed by atoms with E-state index >= 15 is 0 Å². The molecule has 3 rings (SSSR count). The molecule has 3 aromatic carbocycles. The third kappa shape index (κ3) is 5.30. The number of carbonyl (C=O) groups is 1. The fourth-order valence-corrected chi connectivity index (χ4v) is 2.99. The van der Waals surface area contributed by atoms with E-state index in [0.717, 1.165) is 28.2 Å². The Morgan fingerprint density at radius 3 is 2.21 bits per heavy atom. The molecule has 0 aliphatic carbocycles. The van der Waals surface area contributed by atoms with E-state index in [1.807, 2.05) is 78.9 Å². The molecular formula is C25H26O3. The van der Waals surface area contributed by atoms with Crippen LogP contribution in [0.25, 0.3) is 0 Å². The zero-order chi connectivity index (χ0) is 20.0. The van der Waals surface area contributed by atoms with Crippen molar-refractivity contribution in [1.29, 1.82) is 0 Å². The van der Waals surface area contributed by atoms with Crippen LogP contribution in [0.5, 0.6) is 11.5 Å². The monoisotopic (exact) mass is 374 g/mol. The van der Waals surface area contributed by atoms with Crippen LogP contribution in [0.1, 0.15) is 42.3 Å². The molecule has 0 unspecified atom stereocenters. The van der Waals surface area contributed by atoms with Gasteiger partial charge in [-0.3, -0.25) is 4.79 Å². The maximum absolute atomic E-state index is 11.4. The molecule has 3 aromatic rings. The Labute approximate surface area is 166 Å². The maximum Gasteiger partial charge on any atom is 0.159 e. The quantitative estimate of drug-likeness (QED) is 0.442. The van der Waals surface area contributed by atoms with Crippen LogP contribution in [0.15, 0.2) is 78.9 Å². The summed E-state index contributed by atoms with van der Waals surface area (Å²) < 4.78 is 11.9. The molecule has 0 heterocycles. The van der Waals surface area contributed by atoms with Crippen molar-refractivity contribution in [2.24, 2.45) is 0 Å². The highest BCUT2D eigenvalue weighted by atomic mass is 16.5. The van der Waals surface area contributed by atoms with E-state index in [-0.39, 0.29) is 11.2 Å². The Hall–Kier alpha value is -2.91. The standard InChI is InChI=1S/C25H26O3/c1-19(26)21-12-14-22(15-13-21)25(2,3)18-27-17-20-8-7-11-24(16-20)28-23-9-5-4-6-10-23/h4-16H,17-18H2,1-3H3. The molecule has 0 atom stereocenters. The molecule has 0 saturated carbocycles. The molecule has 144 valence electrons. The fraction of sp³-hybridized carbons (Fsp3) is 0.240. The normalized spacial score (nSPS) is 11.2. The number of Topliss-reactive ketones (excluding diaryl/α,β-unsaturated/α-hetero) is 1. The van der Waals surface area contributed by atoms with Crippen molar-refractivity contribution >= 4 is 5.78 Å². The van der Waals surface area contributed by atoms with Crippen molar-refractivity contribution in [3.8, 4) is 11.5 Å². The zero-order valence-electron chi connectivity index (χ0n) is 16.6. The number of ketones is 1. The predicted octanol–water partition coefficient (Wildman–Crippen LogP) is 6.18. The predicted molar refractivity (Wildman–Crippen MR) is 112 cm³/mol. The first-order valence-corrected chi connectivity index (χ1v) is 9.45. The van der Waals surface area contributed by atoms with E-state index in [2.05, 4.69) is 13.8 Å². The van der Waals surface area contributed by atoms with E-state index in [9.17, 15) is 4.79 Å². The maximum atomic E-state index is 11.4. The van der Waals surface area contributed by atoms with E-state index < -0.39 is 0 Å². The number of hydrogen-bond acceptors (Lipinski definition) is 3. The summed E-state index contributed by atoms with van der Waals surface area (Å²) in [4.78, 5) is 11.4. The van der Waals surface area contributed by atoms with Crippen LogP contribution in [-0.2, 0) is 16.8 Å². The van der Waals surface area contributed by atoms with Crippen LogP contribution in [0.4, 0.5) is 0 Å². The summed E-state index contributed by atoms with van der Waals surface area (Å²) in [5.74, 6) is 1.69. The van der Waals surface area contributed by atoms with Crippen LogP contribution in [-0.4, -0.2) is 12.4 Å². The summed E-state index contributed by atoms with van der Waals surface area (Å²) in [6.07, 6.45) is 0. The molecule has 0 spiro atoms. The van der Waals surface area contributed by atoms with Crippen molar-refractivity contribution in [3.05, 3.63) is 95.6 Å². The van der Waals surface area contributed by atoms with Gasteiger partial charge in [0.1, 0.15) is 11.5 Å². The molecule has 0 radical (unpaired) electrons. The van der Waals surface area contributed by atoms with Crippen molar-refractivity contribution in [1.82, 2.24) is 0 Å². The average Bonchev–Trinajstić information content (AvgIpc) is 2.69. The van der Waals surface area contributed by atoms with E-state index in [4.69, 9.17) is 9.47 Å². The van der Waals surface area contributed by atoms with Crippen LogP contribution in [0.2, 0.25) is 0 Å². The highest BCUT2D eigenvalue weighted by Crippen LogP contribution is 2.26. The van der Waals surface area contributed by atoms with Gasteiger partial charge >= 0.3 is 0 Å². The molecule has 3 nitrogen and oxygen atoms in total. The zero-order valence-corrected chi connectivity index (χ0v) is 16.6. The first-order chi connectivity index (χ1) is 13.4. The molecular weight excluding hydrogens is 348 g/mol. The smallest absolute Gasteiger partial charge is 0.159 e. The van der Waals surface area contributed by atoms with Gasteiger partial charge in [0.05, 0.1) is 13.2 Å². The lowest BCUT2D eigenvalue weighted by Crippen LogP contribution is -2.24. The summed E-state index contributed by atoms with van der Waals surface area (Å²) in [7, 11) is 0. The van der Waals surface area contributed by atoms with Gasteiger partial charge in [0.25, 0.3) is 0 Å². The molecule has 0 aliphatic heterocycles. The third-order valence-electron chi connectivity index (χ3n) is 4.68. The highest BCUT2D eigenvalue weighted by molar-refractivity contribution is 5.94. The molecule has 0 bridgehead atoms. The molecule has 0 aliphatic rings. The van der Waals surface area contributed by atoms with Crippen LogP contribution in [0, 0.1) is 0 Å². The minimum atomic E-state index is -0.145. The number of carbonyl (C=O) groups excluding carboxylic acids is 1. The first-order valence-electron chi connectivity index (χ1n) is 9.45. The van der Waals surface area contributed by atoms with Gasteiger partial charge in [0.15, 0.2) is 5.78 Å². The second kappa shape index (κ2) is 8.85. The van der Waals surface area contributed by atoms with Gasteiger partial charge in [-0.05, 0) is 42.3 Å². The van der Waals surface area contributed by atoms with E-state index in [1.54, 1.807) is 6.92 Å². The Morgan fingerprint density at radius 1 is 0.857 bits per heavy atom. The average molecular weight is 374 g/mol. The van der Waals surface area contributed by atoms with Crippen LogP contribution >= 0.6 is 0 Å². The largest absolute Gasteiger partial charge is 0.457 e. The Balaban J connectivity index is 1.58. The van der Waals surface area contributed by atoms with Gasteiger partial charge in [-0.15, -0.1) is 0 Å². The van der Waals surface area contributed by atoms with Crippen molar-refractivity contribution in [2.75, 3.05) is 6.61 Å². The molecule has 0 aromatic heterocycles. The van der Waals surface area contributed by atoms with Crippen LogP contribution < -0.4 is 4.74 Å². The molecule has 0 fully saturated rings. The Morgan fingerprint density at radius 2 is 1.54 bits per heavy atom.